The third kappa shape index (κ3) is 5.51. The summed E-state index contributed by atoms with van der Waals surface area (Å²) in [5.74, 6) is 0. The number of benzene rings is 1. The zero-order chi connectivity index (χ0) is 13.5. The molecule has 0 fully saturated rings. The molecule has 1 aromatic rings. The first kappa shape index (κ1) is 15.7. The molecule has 18 heavy (non-hydrogen) atoms. The molecule has 0 aliphatic carbocycles. The Bertz CT molecular complexity index is 364. The molecule has 0 atom stereocenters. The van der Waals surface area contributed by atoms with E-state index in [0.29, 0.717) is 6.04 Å². The minimum Gasteiger partial charge on any atom is -0.313 e. The van der Waals surface area contributed by atoms with Crippen LogP contribution in [0.1, 0.15) is 31.4 Å². The molecule has 0 heterocycles. The maximum Gasteiger partial charge on any atom is 0.0205 e. The molecular formula is C15H25BrN2. The average molecular weight is 313 g/mol. The Morgan fingerprint density at radius 3 is 2.67 bits per heavy atom. The van der Waals surface area contributed by atoms with Crippen LogP contribution in [0.3, 0.4) is 0 Å². The predicted molar refractivity (Wildman–Crippen MR) is 83.0 cm³/mol. The standard InChI is InChI=1S/C15H25BrN2/c1-12(2)18(4)9-5-8-17-11-14-6-7-15(16)13(3)10-14/h6-7,10,12,17H,5,8-9,11H2,1-4H3. The topological polar surface area (TPSA) is 15.3 Å². The van der Waals surface area contributed by atoms with Crippen molar-refractivity contribution in [1.82, 2.24) is 10.2 Å². The highest BCUT2D eigenvalue weighted by Crippen LogP contribution is 2.16. The average Bonchev–Trinajstić information content (AvgIpc) is 2.32. The zero-order valence-corrected chi connectivity index (χ0v) is 13.5. The van der Waals surface area contributed by atoms with Gasteiger partial charge in [-0.1, -0.05) is 28.1 Å². The molecule has 0 aliphatic heterocycles. The maximum atomic E-state index is 3.53. The van der Waals surface area contributed by atoms with E-state index in [-0.39, 0.29) is 0 Å². The van der Waals surface area contributed by atoms with Gasteiger partial charge in [0.05, 0.1) is 0 Å². The summed E-state index contributed by atoms with van der Waals surface area (Å²) in [5, 5.41) is 3.50. The van der Waals surface area contributed by atoms with Crippen LogP contribution in [0.5, 0.6) is 0 Å². The van der Waals surface area contributed by atoms with E-state index >= 15 is 0 Å². The molecule has 0 spiro atoms. The number of nitrogens with one attached hydrogen (secondary N) is 1. The molecular weight excluding hydrogens is 288 g/mol. The summed E-state index contributed by atoms with van der Waals surface area (Å²) in [6.07, 6.45) is 1.20. The first-order valence-corrected chi connectivity index (χ1v) is 7.46. The Hall–Kier alpha value is -0.380. The molecule has 0 bridgehead atoms. The Kier molecular flexibility index (Phi) is 6.90. The minimum atomic E-state index is 0.638. The van der Waals surface area contributed by atoms with Crippen LogP contribution in [0.2, 0.25) is 0 Å². The van der Waals surface area contributed by atoms with Gasteiger partial charge in [0.1, 0.15) is 0 Å². The van der Waals surface area contributed by atoms with Gasteiger partial charge in [0.2, 0.25) is 0 Å². The number of hydrogen-bond donors (Lipinski definition) is 1. The van der Waals surface area contributed by atoms with E-state index in [1.165, 1.54) is 22.0 Å². The second-order valence-corrected chi connectivity index (χ2v) is 6.04. The van der Waals surface area contributed by atoms with E-state index < -0.39 is 0 Å². The van der Waals surface area contributed by atoms with Crippen LogP contribution >= 0.6 is 15.9 Å². The summed E-state index contributed by atoms with van der Waals surface area (Å²) in [4.78, 5) is 2.38. The van der Waals surface area contributed by atoms with Crippen LogP contribution < -0.4 is 5.32 Å². The molecule has 0 radical (unpaired) electrons. The Morgan fingerprint density at radius 2 is 2.06 bits per heavy atom. The highest BCUT2D eigenvalue weighted by molar-refractivity contribution is 9.10. The van der Waals surface area contributed by atoms with Crippen molar-refractivity contribution in [3.63, 3.8) is 0 Å². The molecule has 0 unspecified atom stereocenters. The summed E-state index contributed by atoms with van der Waals surface area (Å²) < 4.78 is 1.19. The molecule has 1 aromatic carbocycles. The van der Waals surface area contributed by atoms with Crippen LogP contribution in [0.15, 0.2) is 22.7 Å². The third-order valence-electron chi connectivity index (χ3n) is 3.30. The van der Waals surface area contributed by atoms with Gasteiger partial charge in [-0.3, -0.25) is 0 Å². The molecule has 0 saturated carbocycles. The van der Waals surface area contributed by atoms with Crippen molar-refractivity contribution < 1.29 is 0 Å². The molecule has 2 nitrogen and oxygen atoms in total. The molecule has 1 N–H and O–H groups in total. The highest BCUT2D eigenvalue weighted by Gasteiger charge is 2.02. The van der Waals surface area contributed by atoms with E-state index in [2.05, 4.69) is 72.2 Å². The number of nitrogens with zero attached hydrogens (tertiary/aromatic N) is 1. The van der Waals surface area contributed by atoms with E-state index in [1.54, 1.807) is 0 Å². The third-order valence-corrected chi connectivity index (χ3v) is 4.19. The van der Waals surface area contributed by atoms with Gasteiger partial charge in [-0.2, -0.15) is 0 Å². The summed E-state index contributed by atoms with van der Waals surface area (Å²) in [7, 11) is 2.18. The number of aryl methyl sites for hydroxylation is 1. The molecule has 0 saturated heterocycles. The molecule has 0 amide bonds. The lowest BCUT2D eigenvalue weighted by Gasteiger charge is -2.20. The van der Waals surface area contributed by atoms with Crippen LogP contribution in [0.4, 0.5) is 0 Å². The predicted octanol–water partition coefficient (Wildman–Crippen LogP) is 3.58. The van der Waals surface area contributed by atoms with Crippen molar-refractivity contribution in [1.29, 1.82) is 0 Å². The number of hydrogen-bond acceptors (Lipinski definition) is 2. The summed E-state index contributed by atoms with van der Waals surface area (Å²) >= 11 is 3.53. The van der Waals surface area contributed by atoms with E-state index in [9.17, 15) is 0 Å². The van der Waals surface area contributed by atoms with Gasteiger partial charge in [0.25, 0.3) is 0 Å². The summed E-state index contributed by atoms with van der Waals surface area (Å²) in [5.41, 5.74) is 2.65. The van der Waals surface area contributed by atoms with Gasteiger partial charge in [-0.15, -0.1) is 0 Å². The van der Waals surface area contributed by atoms with E-state index in [4.69, 9.17) is 0 Å². The van der Waals surface area contributed by atoms with Crippen LogP contribution in [-0.4, -0.2) is 31.1 Å². The summed E-state index contributed by atoms with van der Waals surface area (Å²) in [6.45, 7) is 9.79. The van der Waals surface area contributed by atoms with Crippen molar-refractivity contribution in [2.24, 2.45) is 0 Å². The quantitative estimate of drug-likeness (QED) is 0.774. The maximum absolute atomic E-state index is 3.53. The monoisotopic (exact) mass is 312 g/mol. The lowest BCUT2D eigenvalue weighted by molar-refractivity contribution is 0.269. The van der Waals surface area contributed by atoms with Crippen molar-refractivity contribution >= 4 is 15.9 Å². The van der Waals surface area contributed by atoms with Crippen LogP contribution in [0, 0.1) is 6.92 Å². The Labute approximate surface area is 120 Å². The molecule has 1 rings (SSSR count). The lowest BCUT2D eigenvalue weighted by atomic mass is 10.1. The SMILES string of the molecule is Cc1cc(CNCCCN(C)C(C)C)ccc1Br. The molecule has 3 heteroatoms. The Morgan fingerprint density at radius 1 is 1.33 bits per heavy atom. The van der Waals surface area contributed by atoms with Gasteiger partial charge < -0.3 is 10.2 Å². The van der Waals surface area contributed by atoms with Gasteiger partial charge in [-0.25, -0.2) is 0 Å². The summed E-state index contributed by atoms with van der Waals surface area (Å²) in [6, 6.07) is 7.17. The van der Waals surface area contributed by atoms with Crippen LogP contribution in [-0.2, 0) is 6.54 Å². The second kappa shape index (κ2) is 7.93. The fourth-order valence-corrected chi connectivity index (χ4v) is 2.01. The van der Waals surface area contributed by atoms with Crippen molar-refractivity contribution in [3.8, 4) is 0 Å². The second-order valence-electron chi connectivity index (χ2n) is 5.19. The van der Waals surface area contributed by atoms with E-state index in [0.717, 1.165) is 19.6 Å². The number of rotatable bonds is 7. The van der Waals surface area contributed by atoms with Crippen molar-refractivity contribution in [3.05, 3.63) is 33.8 Å². The Balaban J connectivity index is 2.20. The van der Waals surface area contributed by atoms with Gasteiger partial charge in [0, 0.05) is 17.1 Å². The first-order chi connectivity index (χ1) is 8.50. The largest absolute Gasteiger partial charge is 0.313 e. The molecule has 0 aliphatic rings. The van der Waals surface area contributed by atoms with Crippen molar-refractivity contribution in [2.75, 3.05) is 20.1 Å². The number of halogens is 1. The highest BCUT2D eigenvalue weighted by atomic mass is 79.9. The zero-order valence-electron chi connectivity index (χ0n) is 12.0. The van der Waals surface area contributed by atoms with Gasteiger partial charge >= 0.3 is 0 Å². The fraction of sp³-hybridized carbons (Fsp3) is 0.600. The molecule has 0 aromatic heterocycles. The smallest absolute Gasteiger partial charge is 0.0205 e. The van der Waals surface area contributed by atoms with Gasteiger partial charge in [-0.05, 0) is 64.5 Å². The lowest BCUT2D eigenvalue weighted by Crippen LogP contribution is -2.29. The normalized spacial score (nSPS) is 11.5. The molecule has 102 valence electrons. The van der Waals surface area contributed by atoms with Crippen molar-refractivity contribution in [2.45, 2.75) is 39.8 Å². The first-order valence-electron chi connectivity index (χ1n) is 6.66. The van der Waals surface area contributed by atoms with Crippen LogP contribution in [0.25, 0.3) is 0 Å². The minimum absolute atomic E-state index is 0.638. The van der Waals surface area contributed by atoms with Gasteiger partial charge in [0.15, 0.2) is 0 Å². The fourth-order valence-electron chi connectivity index (χ4n) is 1.76. The van der Waals surface area contributed by atoms with E-state index in [1.807, 2.05) is 0 Å².